The molecule has 164 valence electrons. The molecule has 0 amide bonds. The second-order valence-corrected chi connectivity index (χ2v) is 9.08. The summed E-state index contributed by atoms with van der Waals surface area (Å²) in [6.45, 7) is 9.04. The summed E-state index contributed by atoms with van der Waals surface area (Å²) >= 11 is 0. The number of rotatable bonds is 7. The van der Waals surface area contributed by atoms with Gasteiger partial charge >= 0.3 is 0 Å². The molecule has 1 unspecified atom stereocenters. The lowest BCUT2D eigenvalue weighted by Crippen LogP contribution is -2.16. The van der Waals surface area contributed by atoms with Crippen molar-refractivity contribution in [1.82, 2.24) is 9.55 Å². The van der Waals surface area contributed by atoms with Gasteiger partial charge in [0.2, 0.25) is 0 Å². The van der Waals surface area contributed by atoms with Crippen molar-refractivity contribution in [3.05, 3.63) is 107 Å². The van der Waals surface area contributed by atoms with Crippen LogP contribution in [0.4, 0.5) is 5.69 Å². The van der Waals surface area contributed by atoms with E-state index >= 15 is 0 Å². The van der Waals surface area contributed by atoms with Crippen LogP contribution in [0, 0.1) is 0 Å². The normalized spacial score (nSPS) is 12.3. The van der Waals surface area contributed by atoms with Gasteiger partial charge in [-0.1, -0.05) is 107 Å². The van der Waals surface area contributed by atoms with E-state index in [-0.39, 0.29) is 6.04 Å². The molecule has 3 heteroatoms. The lowest BCUT2D eigenvalue weighted by atomic mass is 9.91. The first-order chi connectivity index (χ1) is 15.5. The third-order valence-corrected chi connectivity index (χ3v) is 6.02. The Kier molecular flexibility index (Phi) is 6.45. The van der Waals surface area contributed by atoms with Crippen molar-refractivity contribution in [2.75, 3.05) is 5.32 Å². The average molecular weight is 424 g/mol. The molecule has 0 aliphatic carbocycles. The van der Waals surface area contributed by atoms with Gasteiger partial charge in [0.15, 0.2) is 0 Å². The Balaban J connectivity index is 1.84. The number of aryl methyl sites for hydroxylation is 1. The van der Waals surface area contributed by atoms with Gasteiger partial charge in [0.1, 0.15) is 5.82 Å². The number of hydrogen-bond donors (Lipinski definition) is 1. The SMILES string of the molecule is CC(C)c1cccc(C(C)C)c1NC(c1ccccc1)c1cn(C)c(-c2ccccc2)n1. The summed E-state index contributed by atoms with van der Waals surface area (Å²) in [5, 5.41) is 3.93. The Hall–Kier alpha value is -3.33. The first-order valence-electron chi connectivity index (χ1n) is 11.5. The molecule has 0 aliphatic rings. The second-order valence-electron chi connectivity index (χ2n) is 9.08. The summed E-state index contributed by atoms with van der Waals surface area (Å²) in [7, 11) is 2.07. The van der Waals surface area contributed by atoms with Gasteiger partial charge in [-0.3, -0.25) is 0 Å². The number of nitrogens with one attached hydrogen (secondary N) is 1. The molecule has 0 spiro atoms. The lowest BCUT2D eigenvalue weighted by molar-refractivity contribution is 0.815. The molecule has 0 radical (unpaired) electrons. The van der Waals surface area contributed by atoms with Gasteiger partial charge in [-0.25, -0.2) is 4.98 Å². The van der Waals surface area contributed by atoms with Gasteiger partial charge in [0.25, 0.3) is 0 Å². The van der Waals surface area contributed by atoms with Crippen LogP contribution in [0.3, 0.4) is 0 Å². The highest BCUT2D eigenvalue weighted by Gasteiger charge is 2.23. The van der Waals surface area contributed by atoms with Crippen LogP contribution in [-0.2, 0) is 7.05 Å². The van der Waals surface area contributed by atoms with E-state index in [1.54, 1.807) is 0 Å². The second kappa shape index (κ2) is 9.44. The molecular formula is C29H33N3. The van der Waals surface area contributed by atoms with Gasteiger partial charge in [-0.05, 0) is 28.5 Å². The molecule has 0 saturated heterocycles. The van der Waals surface area contributed by atoms with Crippen molar-refractivity contribution in [1.29, 1.82) is 0 Å². The van der Waals surface area contributed by atoms with Crippen LogP contribution >= 0.6 is 0 Å². The zero-order chi connectivity index (χ0) is 22.7. The van der Waals surface area contributed by atoms with E-state index in [0.29, 0.717) is 11.8 Å². The quantitative estimate of drug-likeness (QED) is 0.333. The minimum Gasteiger partial charge on any atom is -0.372 e. The maximum absolute atomic E-state index is 5.10. The number of nitrogens with zero attached hydrogens (tertiary/aromatic N) is 2. The van der Waals surface area contributed by atoms with Gasteiger partial charge in [0, 0.05) is 24.5 Å². The van der Waals surface area contributed by atoms with E-state index in [0.717, 1.165) is 17.1 Å². The molecule has 3 aromatic carbocycles. The van der Waals surface area contributed by atoms with Crippen LogP contribution in [0.25, 0.3) is 11.4 Å². The van der Waals surface area contributed by atoms with Crippen LogP contribution in [-0.4, -0.2) is 9.55 Å². The first-order valence-corrected chi connectivity index (χ1v) is 11.5. The molecule has 4 aromatic rings. The first kappa shape index (κ1) is 21.9. The van der Waals surface area contributed by atoms with E-state index in [1.165, 1.54) is 22.4 Å². The van der Waals surface area contributed by atoms with E-state index in [4.69, 9.17) is 4.98 Å². The minimum absolute atomic E-state index is 0.0442. The topological polar surface area (TPSA) is 29.9 Å². The fraction of sp³-hybridized carbons (Fsp3) is 0.276. The highest BCUT2D eigenvalue weighted by molar-refractivity contribution is 5.63. The van der Waals surface area contributed by atoms with E-state index in [1.807, 2.05) is 6.07 Å². The molecule has 0 fully saturated rings. The molecule has 0 aliphatic heterocycles. The van der Waals surface area contributed by atoms with E-state index in [9.17, 15) is 0 Å². The molecule has 0 saturated carbocycles. The number of aromatic nitrogens is 2. The Bertz CT molecular complexity index is 1130. The summed E-state index contributed by atoms with van der Waals surface area (Å²) in [4.78, 5) is 5.10. The third kappa shape index (κ3) is 4.47. The summed E-state index contributed by atoms with van der Waals surface area (Å²) in [6.07, 6.45) is 2.15. The van der Waals surface area contributed by atoms with Crippen LogP contribution < -0.4 is 5.32 Å². The fourth-order valence-corrected chi connectivity index (χ4v) is 4.32. The molecule has 3 nitrogen and oxygen atoms in total. The van der Waals surface area contributed by atoms with Gasteiger partial charge in [-0.15, -0.1) is 0 Å². The Morgan fingerprint density at radius 3 is 1.84 bits per heavy atom. The minimum atomic E-state index is -0.0442. The number of para-hydroxylation sites is 1. The van der Waals surface area contributed by atoms with Crippen molar-refractivity contribution < 1.29 is 0 Å². The van der Waals surface area contributed by atoms with Crippen LogP contribution in [0.1, 0.15) is 68.0 Å². The summed E-state index contributed by atoms with van der Waals surface area (Å²) in [6, 6.07) is 27.6. The molecule has 1 aromatic heterocycles. The number of anilines is 1. The maximum Gasteiger partial charge on any atom is 0.140 e. The van der Waals surface area contributed by atoms with Gasteiger partial charge < -0.3 is 9.88 Å². The summed E-state index contributed by atoms with van der Waals surface area (Å²) in [5.41, 5.74) is 7.27. The predicted molar refractivity (Wildman–Crippen MR) is 135 cm³/mol. The molecule has 0 bridgehead atoms. The highest BCUT2D eigenvalue weighted by Crippen LogP contribution is 2.37. The van der Waals surface area contributed by atoms with Gasteiger partial charge in [-0.2, -0.15) is 0 Å². The lowest BCUT2D eigenvalue weighted by Gasteiger charge is -2.26. The van der Waals surface area contributed by atoms with Crippen molar-refractivity contribution >= 4 is 5.69 Å². The fourth-order valence-electron chi connectivity index (χ4n) is 4.32. The van der Waals surface area contributed by atoms with Crippen molar-refractivity contribution in [2.24, 2.45) is 7.05 Å². The van der Waals surface area contributed by atoms with E-state index in [2.05, 4.69) is 124 Å². The van der Waals surface area contributed by atoms with Crippen LogP contribution in [0.5, 0.6) is 0 Å². The third-order valence-electron chi connectivity index (χ3n) is 6.02. The molecule has 32 heavy (non-hydrogen) atoms. The highest BCUT2D eigenvalue weighted by atomic mass is 15.1. The van der Waals surface area contributed by atoms with E-state index < -0.39 is 0 Å². The molecule has 1 atom stereocenters. The zero-order valence-corrected chi connectivity index (χ0v) is 19.7. The smallest absolute Gasteiger partial charge is 0.140 e. The van der Waals surface area contributed by atoms with Crippen molar-refractivity contribution in [3.8, 4) is 11.4 Å². The Morgan fingerprint density at radius 1 is 0.719 bits per heavy atom. The molecular weight excluding hydrogens is 390 g/mol. The Morgan fingerprint density at radius 2 is 1.28 bits per heavy atom. The predicted octanol–water partition coefficient (Wildman–Crippen LogP) is 7.54. The largest absolute Gasteiger partial charge is 0.372 e. The maximum atomic E-state index is 5.10. The van der Waals surface area contributed by atoms with Gasteiger partial charge in [0.05, 0.1) is 11.7 Å². The number of imidazole rings is 1. The zero-order valence-electron chi connectivity index (χ0n) is 19.7. The van der Waals surface area contributed by atoms with Crippen LogP contribution in [0.2, 0.25) is 0 Å². The van der Waals surface area contributed by atoms with Crippen molar-refractivity contribution in [2.45, 2.75) is 45.6 Å². The average Bonchev–Trinajstić information content (AvgIpc) is 3.19. The number of hydrogen-bond acceptors (Lipinski definition) is 2. The summed E-state index contributed by atoms with van der Waals surface area (Å²) < 4.78 is 2.12. The molecule has 1 N–H and O–H groups in total. The van der Waals surface area contributed by atoms with Crippen molar-refractivity contribution in [3.63, 3.8) is 0 Å². The standard InChI is InChI=1S/C29H33N3/c1-20(2)24-17-12-18-25(21(3)4)28(24)31-27(22-13-8-6-9-14-22)26-19-32(5)29(30-26)23-15-10-7-11-16-23/h6-21,27,31H,1-5H3. The number of benzene rings is 3. The molecule has 4 rings (SSSR count). The Labute approximate surface area is 192 Å². The summed E-state index contributed by atoms with van der Waals surface area (Å²) in [5.74, 6) is 1.83. The monoisotopic (exact) mass is 423 g/mol. The molecule has 1 heterocycles. The van der Waals surface area contributed by atoms with Crippen LogP contribution in [0.15, 0.2) is 85.1 Å².